The Kier molecular flexibility index (Phi) is 4.15. The van der Waals surface area contributed by atoms with Crippen molar-refractivity contribution in [2.45, 2.75) is 33.3 Å². The molecule has 104 valence electrons. The second-order valence-corrected chi connectivity index (χ2v) is 5.61. The number of aryl methyl sites for hydroxylation is 1. The maximum Gasteiger partial charge on any atom is 0.143 e. The molecular formula is C16H24N2O. The van der Waals surface area contributed by atoms with E-state index in [2.05, 4.69) is 31.0 Å². The van der Waals surface area contributed by atoms with Gasteiger partial charge in [0.1, 0.15) is 5.75 Å². The molecule has 19 heavy (non-hydrogen) atoms. The topological polar surface area (TPSA) is 38.5 Å². The molecule has 1 aromatic carbocycles. The number of benzene rings is 1. The lowest BCUT2D eigenvalue weighted by atomic mass is 9.95. The van der Waals surface area contributed by atoms with Gasteiger partial charge < -0.3 is 15.4 Å². The number of nitrogens with zero attached hydrogens (tertiary/aromatic N) is 1. The summed E-state index contributed by atoms with van der Waals surface area (Å²) in [5, 5.41) is 0. The molecule has 0 aliphatic carbocycles. The van der Waals surface area contributed by atoms with Gasteiger partial charge in [0.15, 0.2) is 0 Å². The van der Waals surface area contributed by atoms with Crippen molar-refractivity contribution < 1.29 is 4.74 Å². The maximum atomic E-state index is 6.04. The molecule has 0 unspecified atom stereocenters. The Labute approximate surface area is 116 Å². The number of nitrogens with two attached hydrogens (primary N) is 1. The summed E-state index contributed by atoms with van der Waals surface area (Å²) in [6.45, 7) is 8.28. The normalized spacial score (nSPS) is 16.6. The van der Waals surface area contributed by atoms with Crippen molar-refractivity contribution in [1.82, 2.24) is 4.90 Å². The number of rotatable bonds is 3. The Morgan fingerprint density at radius 3 is 2.63 bits per heavy atom. The van der Waals surface area contributed by atoms with Crippen molar-refractivity contribution in [3.63, 3.8) is 0 Å². The van der Waals surface area contributed by atoms with Gasteiger partial charge in [0.05, 0.1) is 11.8 Å². The number of likely N-dealkylation sites (N-methyl/N-ethyl adjacent to an activating group) is 1. The van der Waals surface area contributed by atoms with Gasteiger partial charge in [-0.3, -0.25) is 0 Å². The molecule has 1 aliphatic heterocycles. The first kappa shape index (κ1) is 13.9. The van der Waals surface area contributed by atoms with Crippen LogP contribution in [0.5, 0.6) is 5.75 Å². The Morgan fingerprint density at radius 1 is 1.32 bits per heavy atom. The van der Waals surface area contributed by atoms with Crippen LogP contribution in [0.1, 0.15) is 31.4 Å². The molecule has 0 fully saturated rings. The first-order chi connectivity index (χ1) is 8.97. The van der Waals surface area contributed by atoms with E-state index in [0.717, 1.165) is 30.9 Å². The van der Waals surface area contributed by atoms with Gasteiger partial charge in [-0.05, 0) is 63.1 Å². The average Bonchev–Trinajstić information content (AvgIpc) is 2.33. The monoisotopic (exact) mass is 260 g/mol. The fourth-order valence-electron chi connectivity index (χ4n) is 2.43. The maximum absolute atomic E-state index is 6.04. The molecule has 0 amide bonds. The summed E-state index contributed by atoms with van der Waals surface area (Å²) in [7, 11) is 2.15. The van der Waals surface area contributed by atoms with Crippen LogP contribution in [0.2, 0.25) is 0 Å². The summed E-state index contributed by atoms with van der Waals surface area (Å²) in [5.74, 6) is 0.801. The predicted molar refractivity (Wildman–Crippen MR) is 81.4 cm³/mol. The summed E-state index contributed by atoms with van der Waals surface area (Å²) in [6.07, 6.45) is 3.54. The fraction of sp³-hybridized carbons (Fsp3) is 0.500. The zero-order chi connectivity index (χ0) is 14.0. The number of ether oxygens (including phenoxy) is 1. The molecule has 0 atom stereocenters. The number of anilines is 1. The highest BCUT2D eigenvalue weighted by atomic mass is 16.5. The largest absolute Gasteiger partial charge is 0.489 e. The van der Waals surface area contributed by atoms with Crippen molar-refractivity contribution in [3.05, 3.63) is 29.3 Å². The van der Waals surface area contributed by atoms with E-state index in [1.165, 1.54) is 16.7 Å². The van der Waals surface area contributed by atoms with Gasteiger partial charge in [0, 0.05) is 13.1 Å². The average molecular weight is 260 g/mol. The second-order valence-electron chi connectivity index (χ2n) is 5.61. The fourth-order valence-corrected chi connectivity index (χ4v) is 2.43. The minimum Gasteiger partial charge on any atom is -0.489 e. The molecule has 1 aliphatic rings. The molecule has 3 nitrogen and oxygen atoms in total. The van der Waals surface area contributed by atoms with E-state index in [4.69, 9.17) is 10.5 Å². The third-order valence-corrected chi connectivity index (χ3v) is 3.48. The van der Waals surface area contributed by atoms with Crippen LogP contribution >= 0.6 is 0 Å². The lowest BCUT2D eigenvalue weighted by molar-refractivity contribution is 0.243. The molecule has 0 saturated heterocycles. The van der Waals surface area contributed by atoms with Crippen molar-refractivity contribution in [2.24, 2.45) is 0 Å². The molecule has 0 spiro atoms. The second kappa shape index (κ2) is 5.66. The Hall–Kier alpha value is -1.48. The lowest BCUT2D eigenvalue weighted by Gasteiger charge is -2.24. The summed E-state index contributed by atoms with van der Waals surface area (Å²) < 4.78 is 5.79. The molecular weight excluding hydrogens is 236 g/mol. The van der Waals surface area contributed by atoms with Gasteiger partial charge in [-0.15, -0.1) is 0 Å². The van der Waals surface area contributed by atoms with E-state index < -0.39 is 0 Å². The van der Waals surface area contributed by atoms with Crippen LogP contribution in [0, 0.1) is 6.92 Å². The number of hydrogen-bond acceptors (Lipinski definition) is 3. The zero-order valence-electron chi connectivity index (χ0n) is 12.4. The highest BCUT2D eigenvalue weighted by Gasteiger charge is 2.14. The van der Waals surface area contributed by atoms with Gasteiger partial charge in [0.25, 0.3) is 0 Å². The van der Waals surface area contributed by atoms with Gasteiger partial charge in [0.2, 0.25) is 0 Å². The van der Waals surface area contributed by atoms with Gasteiger partial charge in [-0.2, -0.15) is 0 Å². The van der Waals surface area contributed by atoms with Crippen molar-refractivity contribution in [1.29, 1.82) is 0 Å². The van der Waals surface area contributed by atoms with Crippen LogP contribution in [-0.2, 0) is 0 Å². The SMILES string of the molecule is Cc1cc(N)c(OC(C)C)cc1C1=CCN(C)CC1. The first-order valence-electron chi connectivity index (χ1n) is 6.92. The first-order valence-corrected chi connectivity index (χ1v) is 6.92. The van der Waals surface area contributed by atoms with Crippen LogP contribution in [0.4, 0.5) is 5.69 Å². The van der Waals surface area contributed by atoms with Crippen LogP contribution in [0.3, 0.4) is 0 Å². The number of nitrogen functional groups attached to an aromatic ring is 1. The molecule has 1 heterocycles. The quantitative estimate of drug-likeness (QED) is 0.849. The molecule has 0 radical (unpaired) electrons. The Bertz CT molecular complexity index is 492. The van der Waals surface area contributed by atoms with Crippen LogP contribution in [-0.4, -0.2) is 31.1 Å². The summed E-state index contributed by atoms with van der Waals surface area (Å²) >= 11 is 0. The highest BCUT2D eigenvalue weighted by Crippen LogP contribution is 2.32. The van der Waals surface area contributed by atoms with Crippen molar-refractivity contribution >= 4 is 11.3 Å². The molecule has 0 aromatic heterocycles. The van der Waals surface area contributed by atoms with Gasteiger partial charge >= 0.3 is 0 Å². The molecule has 3 heteroatoms. The highest BCUT2D eigenvalue weighted by molar-refractivity contribution is 5.73. The predicted octanol–water partition coefficient (Wildman–Crippen LogP) is 3.08. The Morgan fingerprint density at radius 2 is 2.05 bits per heavy atom. The lowest BCUT2D eigenvalue weighted by Crippen LogP contribution is -2.23. The van der Waals surface area contributed by atoms with Gasteiger partial charge in [-0.25, -0.2) is 0 Å². The van der Waals surface area contributed by atoms with Gasteiger partial charge in [-0.1, -0.05) is 6.08 Å². The minimum atomic E-state index is 0.143. The summed E-state index contributed by atoms with van der Waals surface area (Å²) in [4.78, 5) is 2.32. The van der Waals surface area contributed by atoms with E-state index in [9.17, 15) is 0 Å². The van der Waals surface area contributed by atoms with Crippen molar-refractivity contribution in [3.8, 4) is 5.75 Å². The van der Waals surface area contributed by atoms with Crippen LogP contribution < -0.4 is 10.5 Å². The van der Waals surface area contributed by atoms with E-state index >= 15 is 0 Å². The standard InChI is InChI=1S/C16H24N2O/c1-11(2)19-16-10-14(12(3)9-15(16)17)13-5-7-18(4)8-6-13/h5,9-11H,6-8,17H2,1-4H3. The summed E-state index contributed by atoms with van der Waals surface area (Å²) in [5.41, 5.74) is 10.7. The van der Waals surface area contributed by atoms with E-state index in [1.54, 1.807) is 0 Å². The van der Waals surface area contributed by atoms with E-state index in [0.29, 0.717) is 0 Å². The molecule has 2 rings (SSSR count). The number of hydrogen-bond donors (Lipinski definition) is 1. The van der Waals surface area contributed by atoms with E-state index in [1.807, 2.05) is 19.9 Å². The molecule has 1 aromatic rings. The third kappa shape index (κ3) is 3.29. The molecule has 2 N–H and O–H groups in total. The third-order valence-electron chi connectivity index (χ3n) is 3.48. The summed E-state index contributed by atoms with van der Waals surface area (Å²) in [6, 6.07) is 4.12. The van der Waals surface area contributed by atoms with Crippen LogP contribution in [0.15, 0.2) is 18.2 Å². The van der Waals surface area contributed by atoms with E-state index in [-0.39, 0.29) is 6.10 Å². The van der Waals surface area contributed by atoms with Crippen LogP contribution in [0.25, 0.3) is 5.57 Å². The minimum absolute atomic E-state index is 0.143. The molecule has 0 bridgehead atoms. The molecule has 0 saturated carbocycles. The zero-order valence-corrected chi connectivity index (χ0v) is 12.4. The Balaban J connectivity index is 2.34. The smallest absolute Gasteiger partial charge is 0.143 e. The van der Waals surface area contributed by atoms with Crippen molar-refractivity contribution in [2.75, 3.05) is 25.9 Å².